The maximum absolute atomic E-state index is 4.22. The second-order valence-corrected chi connectivity index (χ2v) is 4.91. The summed E-state index contributed by atoms with van der Waals surface area (Å²) in [5.74, 6) is 0.848. The van der Waals surface area contributed by atoms with Crippen molar-refractivity contribution in [2.45, 2.75) is 26.4 Å². The first-order valence-corrected chi connectivity index (χ1v) is 6.82. The lowest BCUT2D eigenvalue weighted by atomic mass is 10.2. The monoisotopic (exact) mass is 262 g/mol. The van der Waals surface area contributed by atoms with Crippen LogP contribution in [0.15, 0.2) is 35.3 Å². The topological polar surface area (TPSA) is 39.7 Å². The minimum atomic E-state index is 0.570. The quantitative estimate of drug-likeness (QED) is 0.605. The fourth-order valence-corrected chi connectivity index (χ4v) is 1.61. The molecule has 0 aliphatic rings. The van der Waals surface area contributed by atoms with Gasteiger partial charge >= 0.3 is 0 Å². The predicted molar refractivity (Wildman–Crippen MR) is 82.4 cm³/mol. The number of aliphatic imine (C=N–C) groups is 1. The first-order chi connectivity index (χ1) is 9.13. The summed E-state index contributed by atoms with van der Waals surface area (Å²) in [7, 11) is 3.93. The van der Waals surface area contributed by atoms with Crippen LogP contribution in [0.3, 0.4) is 0 Å². The zero-order valence-corrected chi connectivity index (χ0v) is 12.5. The fourth-order valence-electron chi connectivity index (χ4n) is 1.61. The smallest absolute Gasteiger partial charge is 0.191 e. The third-order valence-electron chi connectivity index (χ3n) is 3.16. The van der Waals surface area contributed by atoms with E-state index in [0.29, 0.717) is 6.04 Å². The lowest BCUT2D eigenvalue weighted by molar-refractivity contribution is 0.278. The number of rotatable bonds is 6. The van der Waals surface area contributed by atoms with Crippen LogP contribution in [0.2, 0.25) is 0 Å². The molecule has 0 aliphatic heterocycles. The number of benzene rings is 1. The Bertz CT molecular complexity index is 373. The third kappa shape index (κ3) is 6.25. The van der Waals surface area contributed by atoms with Gasteiger partial charge in [-0.3, -0.25) is 4.99 Å². The van der Waals surface area contributed by atoms with Crippen LogP contribution in [0.5, 0.6) is 0 Å². The Balaban J connectivity index is 2.27. The molecule has 0 saturated heterocycles. The van der Waals surface area contributed by atoms with E-state index in [1.165, 1.54) is 5.56 Å². The maximum atomic E-state index is 4.22. The first-order valence-electron chi connectivity index (χ1n) is 6.82. The Hall–Kier alpha value is -1.55. The largest absolute Gasteiger partial charge is 0.355 e. The van der Waals surface area contributed by atoms with Crippen molar-refractivity contribution in [2.75, 3.05) is 27.2 Å². The number of guanidine groups is 1. The molecule has 0 aromatic heterocycles. The van der Waals surface area contributed by atoms with Crippen LogP contribution >= 0.6 is 0 Å². The minimum absolute atomic E-state index is 0.570. The van der Waals surface area contributed by atoms with Crippen LogP contribution in [-0.4, -0.2) is 44.1 Å². The molecule has 0 radical (unpaired) electrons. The molecule has 1 aromatic rings. The molecule has 1 rings (SSSR count). The van der Waals surface area contributed by atoms with Crippen molar-refractivity contribution >= 4 is 5.96 Å². The maximum Gasteiger partial charge on any atom is 0.191 e. The Morgan fingerprint density at radius 3 is 2.47 bits per heavy atom. The second kappa shape index (κ2) is 8.53. The zero-order chi connectivity index (χ0) is 14.1. The summed E-state index contributed by atoms with van der Waals surface area (Å²) in [5.41, 5.74) is 1.25. The normalized spacial score (nSPS) is 12.0. The fraction of sp³-hybridized carbons (Fsp3) is 0.533. The molecule has 0 heterocycles. The lowest BCUT2D eigenvalue weighted by Crippen LogP contribution is -2.41. The van der Waals surface area contributed by atoms with Crippen molar-refractivity contribution in [1.82, 2.24) is 15.5 Å². The van der Waals surface area contributed by atoms with E-state index in [0.717, 1.165) is 25.6 Å². The third-order valence-corrected chi connectivity index (χ3v) is 3.16. The van der Waals surface area contributed by atoms with Crippen molar-refractivity contribution in [3.05, 3.63) is 35.9 Å². The highest BCUT2D eigenvalue weighted by Gasteiger charge is 2.03. The highest BCUT2D eigenvalue weighted by molar-refractivity contribution is 5.79. The first kappa shape index (κ1) is 15.5. The molecule has 1 aromatic carbocycles. The van der Waals surface area contributed by atoms with Gasteiger partial charge in [0.05, 0.1) is 0 Å². The van der Waals surface area contributed by atoms with Crippen molar-refractivity contribution in [3.8, 4) is 0 Å². The van der Waals surface area contributed by atoms with E-state index < -0.39 is 0 Å². The van der Waals surface area contributed by atoms with Crippen LogP contribution in [0.25, 0.3) is 0 Å². The molecule has 0 unspecified atom stereocenters. The van der Waals surface area contributed by atoms with Crippen LogP contribution < -0.4 is 10.6 Å². The summed E-state index contributed by atoms with van der Waals surface area (Å²) < 4.78 is 0. The van der Waals surface area contributed by atoms with Gasteiger partial charge in [-0.2, -0.15) is 0 Å². The number of hydrogen-bond acceptors (Lipinski definition) is 2. The van der Waals surface area contributed by atoms with Crippen molar-refractivity contribution in [3.63, 3.8) is 0 Å². The van der Waals surface area contributed by atoms with Gasteiger partial charge in [0.15, 0.2) is 5.96 Å². The summed E-state index contributed by atoms with van der Waals surface area (Å²) in [6, 6.07) is 10.9. The van der Waals surface area contributed by atoms with Gasteiger partial charge in [0.2, 0.25) is 0 Å². The molecule has 0 fully saturated rings. The van der Waals surface area contributed by atoms with E-state index >= 15 is 0 Å². The van der Waals surface area contributed by atoms with Crippen molar-refractivity contribution in [1.29, 1.82) is 0 Å². The molecule has 4 heteroatoms. The van der Waals surface area contributed by atoms with Crippen LogP contribution in [0.1, 0.15) is 19.4 Å². The van der Waals surface area contributed by atoms with Crippen molar-refractivity contribution < 1.29 is 0 Å². The molecular weight excluding hydrogens is 236 g/mol. The van der Waals surface area contributed by atoms with E-state index in [-0.39, 0.29) is 0 Å². The summed E-state index contributed by atoms with van der Waals surface area (Å²) in [6.07, 6.45) is 0. The van der Waals surface area contributed by atoms with Gasteiger partial charge in [0, 0.05) is 32.7 Å². The van der Waals surface area contributed by atoms with E-state index in [1.807, 2.05) is 18.2 Å². The number of hydrogen-bond donors (Lipinski definition) is 2. The molecule has 0 aliphatic carbocycles. The van der Waals surface area contributed by atoms with Crippen molar-refractivity contribution in [2.24, 2.45) is 4.99 Å². The highest BCUT2D eigenvalue weighted by atomic mass is 15.2. The zero-order valence-electron chi connectivity index (χ0n) is 12.5. The summed E-state index contributed by atoms with van der Waals surface area (Å²) in [5, 5.41) is 6.63. The average Bonchev–Trinajstić information content (AvgIpc) is 2.43. The van der Waals surface area contributed by atoms with Gasteiger partial charge < -0.3 is 15.5 Å². The van der Waals surface area contributed by atoms with Gasteiger partial charge in [0.1, 0.15) is 0 Å². The Morgan fingerprint density at radius 1 is 1.21 bits per heavy atom. The van der Waals surface area contributed by atoms with E-state index in [4.69, 9.17) is 0 Å². The Kier molecular flexibility index (Phi) is 6.97. The molecule has 4 nitrogen and oxygen atoms in total. The molecular formula is C15H26N4. The molecule has 0 bridgehead atoms. The van der Waals surface area contributed by atoms with Gasteiger partial charge in [-0.25, -0.2) is 0 Å². The molecule has 0 amide bonds. The predicted octanol–water partition coefficient (Wildman–Crippen LogP) is 1.69. The number of likely N-dealkylation sites (N-methyl/N-ethyl adjacent to an activating group) is 1. The average molecular weight is 262 g/mol. The lowest BCUT2D eigenvalue weighted by Gasteiger charge is -2.21. The molecule has 0 atom stereocenters. The van der Waals surface area contributed by atoms with E-state index in [1.54, 1.807) is 7.05 Å². The summed E-state index contributed by atoms with van der Waals surface area (Å²) in [4.78, 5) is 6.52. The van der Waals surface area contributed by atoms with Gasteiger partial charge in [0.25, 0.3) is 0 Å². The Labute approximate surface area is 116 Å². The molecule has 2 N–H and O–H groups in total. The molecule has 106 valence electrons. The van der Waals surface area contributed by atoms with E-state index in [2.05, 4.69) is 53.6 Å². The Morgan fingerprint density at radius 2 is 1.89 bits per heavy atom. The minimum Gasteiger partial charge on any atom is -0.355 e. The summed E-state index contributed by atoms with van der Waals surface area (Å²) in [6.45, 7) is 7.08. The standard InChI is InChI=1S/C15H26N4/c1-13(2)19(4)11-10-17-15(16-3)18-12-14-8-6-5-7-9-14/h5-9,13H,10-12H2,1-4H3,(H2,16,17,18). The van der Waals surface area contributed by atoms with Gasteiger partial charge in [-0.15, -0.1) is 0 Å². The molecule has 0 spiro atoms. The van der Waals surface area contributed by atoms with E-state index in [9.17, 15) is 0 Å². The van der Waals surface area contributed by atoms with Crippen LogP contribution in [-0.2, 0) is 6.54 Å². The van der Waals surface area contributed by atoms with Crippen LogP contribution in [0.4, 0.5) is 0 Å². The second-order valence-electron chi connectivity index (χ2n) is 4.91. The SMILES string of the molecule is CN=C(NCCN(C)C(C)C)NCc1ccccc1. The van der Waals surface area contributed by atoms with Crippen LogP contribution in [0, 0.1) is 0 Å². The number of nitrogens with zero attached hydrogens (tertiary/aromatic N) is 2. The van der Waals surface area contributed by atoms with Gasteiger partial charge in [-0.05, 0) is 26.5 Å². The molecule has 19 heavy (non-hydrogen) atoms. The highest BCUT2D eigenvalue weighted by Crippen LogP contribution is 1.96. The number of nitrogens with one attached hydrogen (secondary N) is 2. The molecule has 0 saturated carbocycles. The van der Waals surface area contributed by atoms with Gasteiger partial charge in [-0.1, -0.05) is 30.3 Å². The summed E-state index contributed by atoms with van der Waals surface area (Å²) >= 11 is 0.